The summed E-state index contributed by atoms with van der Waals surface area (Å²) in [5, 5.41) is 0. The first-order valence-electron chi connectivity index (χ1n) is 13.9. The molecule has 8 bridgehead atoms. The molecule has 0 aromatic rings. The predicted molar refractivity (Wildman–Crippen MR) is 120 cm³/mol. The van der Waals surface area contributed by atoms with Crippen LogP contribution in [0.5, 0.6) is 0 Å². The highest BCUT2D eigenvalue weighted by atomic mass is 16.2. The fourth-order valence-corrected chi connectivity index (χ4v) is 11.0. The van der Waals surface area contributed by atoms with E-state index in [1.165, 1.54) is 57.8 Å². The van der Waals surface area contributed by atoms with Crippen LogP contribution in [0.2, 0.25) is 0 Å². The summed E-state index contributed by atoms with van der Waals surface area (Å²) in [5.41, 5.74) is -0.286. The maximum absolute atomic E-state index is 14.7. The zero-order valence-corrected chi connectivity index (χ0v) is 19.3. The highest BCUT2D eigenvalue weighted by molar-refractivity contribution is 6.00. The lowest BCUT2D eigenvalue weighted by Crippen LogP contribution is -2.67. The molecule has 0 radical (unpaired) electrons. The molecule has 9 saturated carbocycles. The van der Waals surface area contributed by atoms with E-state index in [1.807, 2.05) is 0 Å². The molecule has 0 saturated heterocycles. The first-order valence-corrected chi connectivity index (χ1v) is 13.9. The minimum atomic E-state index is -0.178. The van der Waals surface area contributed by atoms with E-state index in [-0.39, 0.29) is 22.8 Å². The van der Waals surface area contributed by atoms with Crippen molar-refractivity contribution in [2.75, 3.05) is 0 Å². The standard InChI is InChI=1S/C28H41NO2/c30-25(24-4-2-1-3-5-24)29(28-15-21-9-22(16-28)11-23(10-21)17-28)26(31)27-12-18-6-19(13-27)8-20(7-18)14-27/h18-24H,1-17H2. The molecule has 0 atom stereocenters. The van der Waals surface area contributed by atoms with Gasteiger partial charge in [-0.05, 0) is 125 Å². The number of hydrogen-bond acceptors (Lipinski definition) is 2. The number of rotatable bonds is 3. The molecule has 0 aromatic heterocycles. The molecular formula is C28H41NO2. The minimum absolute atomic E-state index is 0.107. The first-order chi connectivity index (χ1) is 15.0. The lowest BCUT2D eigenvalue weighted by atomic mass is 9.48. The molecule has 0 aliphatic heterocycles. The third-order valence-electron chi connectivity index (χ3n) is 11.4. The molecular weight excluding hydrogens is 382 g/mol. The molecule has 3 heteroatoms. The van der Waals surface area contributed by atoms with E-state index < -0.39 is 0 Å². The molecule has 0 N–H and O–H groups in total. The van der Waals surface area contributed by atoms with Gasteiger partial charge in [-0.2, -0.15) is 0 Å². The summed E-state index contributed by atoms with van der Waals surface area (Å²) in [6.07, 6.45) is 20.6. The molecule has 170 valence electrons. The van der Waals surface area contributed by atoms with Gasteiger partial charge in [-0.15, -0.1) is 0 Å². The third-order valence-corrected chi connectivity index (χ3v) is 11.4. The maximum Gasteiger partial charge on any atom is 0.235 e. The first kappa shape index (κ1) is 19.6. The Morgan fingerprint density at radius 1 is 0.581 bits per heavy atom. The Hall–Kier alpha value is -0.860. The van der Waals surface area contributed by atoms with Crippen LogP contribution in [-0.2, 0) is 9.59 Å². The average molecular weight is 424 g/mol. The lowest BCUT2D eigenvalue weighted by Gasteiger charge is -2.63. The largest absolute Gasteiger partial charge is 0.276 e. The second kappa shape index (κ2) is 6.83. The van der Waals surface area contributed by atoms with Gasteiger partial charge in [0.25, 0.3) is 0 Å². The quantitative estimate of drug-likeness (QED) is 0.514. The molecule has 9 aliphatic carbocycles. The Balaban J connectivity index is 1.27. The van der Waals surface area contributed by atoms with Crippen LogP contribution in [0.15, 0.2) is 0 Å². The number of imide groups is 1. The van der Waals surface area contributed by atoms with Crippen molar-refractivity contribution in [1.29, 1.82) is 0 Å². The summed E-state index contributed by atoms with van der Waals surface area (Å²) in [6, 6.07) is 0. The van der Waals surface area contributed by atoms with Gasteiger partial charge in [0, 0.05) is 5.92 Å². The van der Waals surface area contributed by atoms with Crippen molar-refractivity contribution in [2.45, 2.75) is 115 Å². The van der Waals surface area contributed by atoms with Crippen LogP contribution >= 0.6 is 0 Å². The van der Waals surface area contributed by atoms with Gasteiger partial charge < -0.3 is 0 Å². The summed E-state index contributed by atoms with van der Waals surface area (Å²) >= 11 is 0. The van der Waals surface area contributed by atoms with E-state index in [4.69, 9.17) is 0 Å². The van der Waals surface area contributed by atoms with Crippen LogP contribution in [0.4, 0.5) is 0 Å². The minimum Gasteiger partial charge on any atom is -0.276 e. The third kappa shape index (κ3) is 2.96. The highest BCUT2D eigenvalue weighted by Gasteiger charge is 2.62. The summed E-state index contributed by atoms with van der Waals surface area (Å²) in [5.74, 6) is 5.35. The predicted octanol–water partition coefficient (Wildman–Crippen LogP) is 6.11. The van der Waals surface area contributed by atoms with Gasteiger partial charge in [0.2, 0.25) is 11.8 Å². The van der Waals surface area contributed by atoms with Crippen LogP contribution in [0.25, 0.3) is 0 Å². The molecule has 9 fully saturated rings. The fourth-order valence-electron chi connectivity index (χ4n) is 11.0. The van der Waals surface area contributed by atoms with E-state index in [0.29, 0.717) is 5.91 Å². The summed E-state index contributed by atoms with van der Waals surface area (Å²) in [6.45, 7) is 0. The van der Waals surface area contributed by atoms with Crippen molar-refractivity contribution < 1.29 is 9.59 Å². The number of nitrogens with zero attached hydrogens (tertiary/aromatic N) is 1. The Kier molecular flexibility index (Phi) is 4.31. The molecule has 0 unspecified atom stereocenters. The van der Waals surface area contributed by atoms with Gasteiger partial charge in [-0.3, -0.25) is 14.5 Å². The van der Waals surface area contributed by atoms with Crippen molar-refractivity contribution in [3.63, 3.8) is 0 Å². The Morgan fingerprint density at radius 2 is 1.00 bits per heavy atom. The van der Waals surface area contributed by atoms with Crippen molar-refractivity contribution in [3.8, 4) is 0 Å². The van der Waals surface area contributed by atoms with Crippen LogP contribution in [0.1, 0.15) is 109 Å². The van der Waals surface area contributed by atoms with Gasteiger partial charge in [-0.1, -0.05) is 19.3 Å². The topological polar surface area (TPSA) is 37.4 Å². The van der Waals surface area contributed by atoms with Crippen molar-refractivity contribution in [2.24, 2.45) is 46.8 Å². The number of carbonyl (C=O) groups excluding carboxylic acids is 2. The molecule has 9 rings (SSSR count). The smallest absolute Gasteiger partial charge is 0.235 e. The van der Waals surface area contributed by atoms with Crippen LogP contribution < -0.4 is 0 Å². The molecule has 9 aliphatic rings. The monoisotopic (exact) mass is 423 g/mol. The Morgan fingerprint density at radius 3 is 1.45 bits per heavy atom. The molecule has 3 nitrogen and oxygen atoms in total. The molecule has 2 amide bonds. The Labute approximate surface area is 188 Å². The van der Waals surface area contributed by atoms with E-state index in [2.05, 4.69) is 4.90 Å². The van der Waals surface area contributed by atoms with Crippen molar-refractivity contribution in [1.82, 2.24) is 4.90 Å². The SMILES string of the molecule is O=C(C1CCCCC1)N(C(=O)C12CC3CC(CC(C3)C1)C2)C12CC3CC(CC(C3)C1)C2. The molecule has 0 spiro atoms. The van der Waals surface area contributed by atoms with Gasteiger partial charge >= 0.3 is 0 Å². The van der Waals surface area contributed by atoms with E-state index in [0.717, 1.165) is 86.9 Å². The van der Waals surface area contributed by atoms with E-state index in [9.17, 15) is 9.59 Å². The van der Waals surface area contributed by atoms with E-state index in [1.54, 1.807) is 0 Å². The zero-order valence-electron chi connectivity index (χ0n) is 19.3. The fraction of sp³-hybridized carbons (Fsp3) is 0.929. The van der Waals surface area contributed by atoms with Crippen molar-refractivity contribution >= 4 is 11.8 Å². The second-order valence-corrected chi connectivity index (χ2v) is 13.7. The highest BCUT2D eigenvalue weighted by Crippen LogP contribution is 2.63. The Bertz CT molecular complexity index is 707. The summed E-state index contributed by atoms with van der Waals surface area (Å²) in [7, 11) is 0. The number of amides is 2. The van der Waals surface area contributed by atoms with Gasteiger partial charge in [0.1, 0.15) is 0 Å². The zero-order chi connectivity index (χ0) is 20.8. The van der Waals surface area contributed by atoms with Gasteiger partial charge in [-0.25, -0.2) is 0 Å². The van der Waals surface area contributed by atoms with Gasteiger partial charge in [0.05, 0.1) is 11.0 Å². The van der Waals surface area contributed by atoms with Crippen molar-refractivity contribution in [3.05, 3.63) is 0 Å². The summed E-state index contributed by atoms with van der Waals surface area (Å²) < 4.78 is 0. The van der Waals surface area contributed by atoms with Crippen LogP contribution in [0, 0.1) is 46.8 Å². The number of carbonyl (C=O) groups is 2. The van der Waals surface area contributed by atoms with Crippen LogP contribution in [0.3, 0.4) is 0 Å². The van der Waals surface area contributed by atoms with Gasteiger partial charge in [0.15, 0.2) is 0 Å². The molecule has 31 heavy (non-hydrogen) atoms. The molecule has 0 aromatic carbocycles. The molecule has 0 heterocycles. The lowest BCUT2D eigenvalue weighted by molar-refractivity contribution is -0.183. The average Bonchev–Trinajstić information content (AvgIpc) is 2.72. The summed E-state index contributed by atoms with van der Waals surface area (Å²) in [4.78, 5) is 31.0. The second-order valence-electron chi connectivity index (χ2n) is 13.7. The maximum atomic E-state index is 14.7. The van der Waals surface area contributed by atoms with Crippen LogP contribution in [-0.4, -0.2) is 22.3 Å². The normalized spacial score (nSPS) is 50.1. The number of hydrogen-bond donors (Lipinski definition) is 0. The van der Waals surface area contributed by atoms with E-state index >= 15 is 0 Å².